The second-order valence-electron chi connectivity index (χ2n) is 4.92. The van der Waals surface area contributed by atoms with Crippen LogP contribution in [0.3, 0.4) is 0 Å². The summed E-state index contributed by atoms with van der Waals surface area (Å²) in [4.78, 5) is 0. The van der Waals surface area contributed by atoms with Gasteiger partial charge in [-0.25, -0.2) is 0 Å². The van der Waals surface area contributed by atoms with Gasteiger partial charge in [-0.3, -0.25) is 9.67 Å². The van der Waals surface area contributed by atoms with Gasteiger partial charge in [0.05, 0.1) is 13.7 Å². The van der Waals surface area contributed by atoms with Crippen LogP contribution in [0.15, 0.2) is 24.3 Å². The fraction of sp³-hybridized carbons (Fsp3) is 0.500. The zero-order chi connectivity index (χ0) is 16.7. The van der Waals surface area contributed by atoms with Crippen LogP contribution in [-0.4, -0.2) is 41.4 Å². The Labute approximate surface area is 141 Å². The van der Waals surface area contributed by atoms with E-state index in [-0.39, 0.29) is 6.29 Å². The Morgan fingerprint density at radius 2 is 1.83 bits per heavy atom. The van der Waals surface area contributed by atoms with E-state index < -0.39 is 0 Å². The molecule has 7 heteroatoms. The average Bonchev–Trinajstić information content (AvgIpc) is 2.89. The minimum Gasteiger partial charge on any atom is -0.497 e. The zero-order valence-corrected chi connectivity index (χ0v) is 14.6. The molecule has 0 radical (unpaired) electrons. The third-order valence-corrected chi connectivity index (χ3v) is 3.71. The number of nitrogens with zero attached hydrogens (tertiary/aromatic N) is 2. The average molecular weight is 337 g/mol. The smallest absolute Gasteiger partial charge is 0.195 e. The minimum atomic E-state index is -0.330. The summed E-state index contributed by atoms with van der Waals surface area (Å²) in [5.74, 6) is 1.69. The van der Waals surface area contributed by atoms with Crippen LogP contribution in [0.1, 0.15) is 25.2 Å². The van der Waals surface area contributed by atoms with Gasteiger partial charge in [-0.05, 0) is 43.8 Å². The molecule has 0 amide bonds. The number of aromatic nitrogens is 3. The van der Waals surface area contributed by atoms with E-state index in [0.717, 1.165) is 17.1 Å². The Balaban J connectivity index is 2.14. The molecule has 0 aliphatic carbocycles. The highest BCUT2D eigenvalue weighted by Gasteiger charge is 2.14. The van der Waals surface area contributed by atoms with Crippen molar-refractivity contribution in [2.75, 3.05) is 20.3 Å². The first-order chi connectivity index (χ1) is 11.2. The summed E-state index contributed by atoms with van der Waals surface area (Å²) in [6, 6.07) is 7.90. The van der Waals surface area contributed by atoms with Crippen molar-refractivity contribution < 1.29 is 14.2 Å². The van der Waals surface area contributed by atoms with E-state index in [0.29, 0.717) is 31.0 Å². The fourth-order valence-electron chi connectivity index (χ4n) is 2.27. The van der Waals surface area contributed by atoms with Gasteiger partial charge in [0.15, 0.2) is 11.1 Å². The molecule has 2 aromatic rings. The molecule has 0 spiro atoms. The molecule has 0 atom stereocenters. The molecular formula is C16H23N3O3S. The highest BCUT2D eigenvalue weighted by molar-refractivity contribution is 7.71. The molecule has 0 saturated carbocycles. The largest absolute Gasteiger partial charge is 0.497 e. The van der Waals surface area contributed by atoms with Gasteiger partial charge in [0, 0.05) is 19.6 Å². The summed E-state index contributed by atoms with van der Waals surface area (Å²) < 4.78 is 18.9. The van der Waals surface area contributed by atoms with Crippen molar-refractivity contribution >= 4 is 12.2 Å². The van der Waals surface area contributed by atoms with Gasteiger partial charge in [0.1, 0.15) is 11.6 Å². The third-order valence-electron chi connectivity index (χ3n) is 3.40. The lowest BCUT2D eigenvalue weighted by molar-refractivity contribution is -0.144. The van der Waals surface area contributed by atoms with Gasteiger partial charge >= 0.3 is 0 Å². The van der Waals surface area contributed by atoms with Crippen molar-refractivity contribution in [3.8, 4) is 5.75 Å². The monoisotopic (exact) mass is 337 g/mol. The second kappa shape index (κ2) is 8.81. The normalized spacial score (nSPS) is 11.1. The van der Waals surface area contributed by atoms with Crippen LogP contribution < -0.4 is 4.74 Å². The number of hydrogen-bond acceptors (Lipinski definition) is 5. The van der Waals surface area contributed by atoms with E-state index in [1.54, 1.807) is 7.11 Å². The molecule has 2 rings (SSSR count). The van der Waals surface area contributed by atoms with Crippen molar-refractivity contribution in [3.05, 3.63) is 40.4 Å². The van der Waals surface area contributed by atoms with E-state index >= 15 is 0 Å². The molecule has 1 aromatic heterocycles. The molecule has 0 fully saturated rings. The summed E-state index contributed by atoms with van der Waals surface area (Å²) in [7, 11) is 1.65. The number of H-pyrrole nitrogens is 1. The number of aromatic amines is 1. The lowest BCUT2D eigenvalue weighted by atomic mass is 10.1. The van der Waals surface area contributed by atoms with Crippen LogP contribution in [0.2, 0.25) is 0 Å². The first-order valence-electron chi connectivity index (χ1n) is 7.68. The van der Waals surface area contributed by atoms with Gasteiger partial charge in [-0.15, -0.1) is 0 Å². The Bertz CT molecular complexity index is 645. The Hall–Kier alpha value is -1.70. The predicted octanol–water partition coefficient (Wildman–Crippen LogP) is 2.94. The van der Waals surface area contributed by atoms with E-state index in [9.17, 15) is 0 Å². The van der Waals surface area contributed by atoms with Crippen molar-refractivity contribution in [3.63, 3.8) is 0 Å². The highest BCUT2D eigenvalue weighted by Crippen LogP contribution is 2.15. The zero-order valence-electron chi connectivity index (χ0n) is 13.7. The molecule has 1 heterocycles. The molecule has 23 heavy (non-hydrogen) atoms. The highest BCUT2D eigenvalue weighted by atomic mass is 32.1. The molecule has 0 aliphatic rings. The lowest BCUT2D eigenvalue weighted by Gasteiger charge is -2.18. The summed E-state index contributed by atoms with van der Waals surface area (Å²) in [5.41, 5.74) is 1.13. The van der Waals surface area contributed by atoms with Crippen molar-refractivity contribution in [1.29, 1.82) is 0 Å². The van der Waals surface area contributed by atoms with Crippen molar-refractivity contribution in [2.24, 2.45) is 0 Å². The summed E-state index contributed by atoms with van der Waals surface area (Å²) in [6.45, 7) is 5.58. The Morgan fingerprint density at radius 1 is 1.17 bits per heavy atom. The van der Waals surface area contributed by atoms with Gasteiger partial charge in [-0.2, -0.15) is 5.10 Å². The topological polar surface area (TPSA) is 61.3 Å². The Kier molecular flexibility index (Phi) is 6.76. The molecule has 1 aromatic carbocycles. The van der Waals surface area contributed by atoms with E-state index in [1.807, 2.05) is 42.7 Å². The molecule has 0 saturated heterocycles. The maximum Gasteiger partial charge on any atom is 0.195 e. The molecule has 0 unspecified atom stereocenters. The first-order valence-corrected chi connectivity index (χ1v) is 8.09. The van der Waals surface area contributed by atoms with Crippen LogP contribution in [0, 0.1) is 4.77 Å². The predicted molar refractivity (Wildman–Crippen MR) is 90.3 cm³/mol. The van der Waals surface area contributed by atoms with Crippen molar-refractivity contribution in [2.45, 2.75) is 33.1 Å². The molecule has 1 N–H and O–H groups in total. The van der Waals surface area contributed by atoms with Crippen LogP contribution in [-0.2, 0) is 22.4 Å². The number of methoxy groups -OCH3 is 1. The standard InChI is InChI=1S/C16H23N3O3S/c1-4-21-15(22-5-2)11-19-14(17-18-16(19)23)10-12-6-8-13(20-3)9-7-12/h6-9,15H,4-5,10-11H2,1-3H3,(H,18,23). The number of benzene rings is 1. The fourth-order valence-corrected chi connectivity index (χ4v) is 2.50. The molecule has 0 bridgehead atoms. The number of ether oxygens (including phenoxy) is 3. The summed E-state index contributed by atoms with van der Waals surface area (Å²) in [5, 5.41) is 7.18. The lowest BCUT2D eigenvalue weighted by Crippen LogP contribution is -2.25. The van der Waals surface area contributed by atoms with Crippen LogP contribution in [0.25, 0.3) is 0 Å². The maximum atomic E-state index is 5.60. The molecule has 0 aliphatic heterocycles. The third kappa shape index (κ3) is 4.89. The number of rotatable bonds is 9. The van der Waals surface area contributed by atoms with Gasteiger partial charge < -0.3 is 14.2 Å². The quantitative estimate of drug-likeness (QED) is 0.563. The van der Waals surface area contributed by atoms with E-state index in [4.69, 9.17) is 26.4 Å². The van der Waals surface area contributed by atoms with Crippen molar-refractivity contribution in [1.82, 2.24) is 14.8 Å². The van der Waals surface area contributed by atoms with Crippen LogP contribution in [0.4, 0.5) is 0 Å². The van der Waals surface area contributed by atoms with Gasteiger partial charge in [0.25, 0.3) is 0 Å². The number of hydrogen-bond donors (Lipinski definition) is 1. The maximum absolute atomic E-state index is 5.60. The minimum absolute atomic E-state index is 0.330. The van der Waals surface area contributed by atoms with E-state index in [1.165, 1.54) is 0 Å². The van der Waals surface area contributed by atoms with Crippen LogP contribution >= 0.6 is 12.2 Å². The van der Waals surface area contributed by atoms with E-state index in [2.05, 4.69) is 10.2 Å². The number of nitrogens with one attached hydrogen (secondary N) is 1. The first kappa shape index (κ1) is 17.7. The molecule has 126 valence electrons. The van der Waals surface area contributed by atoms with Crippen LogP contribution in [0.5, 0.6) is 5.75 Å². The summed E-state index contributed by atoms with van der Waals surface area (Å²) >= 11 is 5.33. The molecular weight excluding hydrogens is 314 g/mol. The SMILES string of the molecule is CCOC(Cn1c(Cc2ccc(OC)cc2)n[nH]c1=S)OCC. The van der Waals surface area contributed by atoms with Gasteiger partial charge in [-0.1, -0.05) is 12.1 Å². The second-order valence-corrected chi connectivity index (χ2v) is 5.31. The van der Waals surface area contributed by atoms with Gasteiger partial charge in [0.2, 0.25) is 0 Å². The summed E-state index contributed by atoms with van der Waals surface area (Å²) in [6.07, 6.45) is 0.339. The molecule has 6 nitrogen and oxygen atoms in total. The Morgan fingerprint density at radius 3 is 2.39 bits per heavy atom.